The number of hydrogen-bond acceptors (Lipinski definition) is 8. The van der Waals surface area contributed by atoms with Gasteiger partial charge in [0, 0.05) is 25.2 Å². The van der Waals surface area contributed by atoms with Crippen LogP contribution in [0.25, 0.3) is 10.2 Å². The topological polar surface area (TPSA) is 102 Å². The van der Waals surface area contributed by atoms with Gasteiger partial charge in [-0.05, 0) is 67.8 Å². The molecule has 11 heteroatoms. The second-order valence-corrected chi connectivity index (χ2v) is 12.3. The van der Waals surface area contributed by atoms with Gasteiger partial charge in [-0.1, -0.05) is 23.5 Å². The van der Waals surface area contributed by atoms with E-state index in [1.807, 2.05) is 37.3 Å². The quantitative estimate of drug-likeness (QED) is 0.306. The van der Waals surface area contributed by atoms with E-state index >= 15 is 0 Å². The fourth-order valence-corrected chi connectivity index (χ4v) is 7.26. The zero-order chi connectivity index (χ0) is 27.6. The van der Waals surface area contributed by atoms with Crippen LogP contribution in [0.15, 0.2) is 65.7 Å². The molecule has 0 atom stereocenters. The Hall–Kier alpha value is -3.54. The van der Waals surface area contributed by atoms with E-state index in [2.05, 4.69) is 4.98 Å². The maximum atomic E-state index is 14.0. The molecule has 1 fully saturated rings. The molecular formula is C28H30N4O5S2. The molecule has 2 aromatic heterocycles. The molecule has 0 spiro atoms. The number of thiazole rings is 1. The highest BCUT2D eigenvalue weighted by molar-refractivity contribution is 7.89. The summed E-state index contributed by atoms with van der Waals surface area (Å²) in [5, 5.41) is 0.571. The van der Waals surface area contributed by atoms with Gasteiger partial charge in [0.05, 0.1) is 36.1 Å². The number of nitrogens with zero attached hydrogens (tertiary/aromatic N) is 4. The van der Waals surface area contributed by atoms with Crippen LogP contribution in [0.1, 0.15) is 24.1 Å². The number of amides is 1. The van der Waals surface area contributed by atoms with Crippen molar-refractivity contribution >= 4 is 42.6 Å². The molecule has 1 saturated heterocycles. The molecule has 0 radical (unpaired) electrons. The number of carbonyl (C=O) groups excluding carboxylic acids is 1. The molecule has 0 N–H and O–H groups in total. The van der Waals surface area contributed by atoms with E-state index in [0.29, 0.717) is 29.5 Å². The zero-order valence-corrected chi connectivity index (χ0v) is 23.7. The molecular weight excluding hydrogens is 536 g/mol. The summed E-state index contributed by atoms with van der Waals surface area (Å²) >= 11 is 1.45. The van der Waals surface area contributed by atoms with Crippen LogP contribution in [0.4, 0.5) is 5.13 Å². The highest BCUT2D eigenvalue weighted by Gasteiger charge is 2.35. The second kappa shape index (κ2) is 11.3. The number of ether oxygens (including phenoxy) is 2. The van der Waals surface area contributed by atoms with Crippen molar-refractivity contribution in [2.45, 2.75) is 31.2 Å². The number of anilines is 1. The van der Waals surface area contributed by atoms with Crippen LogP contribution in [0.3, 0.4) is 0 Å². The van der Waals surface area contributed by atoms with Crippen molar-refractivity contribution in [2.75, 3.05) is 32.2 Å². The third kappa shape index (κ3) is 5.47. The van der Waals surface area contributed by atoms with E-state index in [9.17, 15) is 13.2 Å². The van der Waals surface area contributed by atoms with Gasteiger partial charge in [0.2, 0.25) is 15.9 Å². The van der Waals surface area contributed by atoms with Crippen LogP contribution in [0.5, 0.6) is 11.5 Å². The van der Waals surface area contributed by atoms with Crippen LogP contribution >= 0.6 is 11.3 Å². The fourth-order valence-electron chi connectivity index (χ4n) is 4.73. The first-order valence-electron chi connectivity index (χ1n) is 12.6. The molecule has 0 bridgehead atoms. The summed E-state index contributed by atoms with van der Waals surface area (Å²) in [6.07, 6.45) is 2.53. The van der Waals surface area contributed by atoms with Crippen LogP contribution in [-0.2, 0) is 21.4 Å². The number of fused-ring (bicyclic) bond motifs is 1. The molecule has 2 aromatic carbocycles. The minimum atomic E-state index is -3.67. The SMILES string of the molecule is COc1ccc(S(=O)(=O)N2CCC(C(=O)N(Cc3ccccn3)c3nc4c(OC)ccc(C)c4s3)CC2)cc1. The molecule has 0 unspecified atom stereocenters. The number of piperidine rings is 1. The Morgan fingerprint density at radius 2 is 1.79 bits per heavy atom. The number of aromatic nitrogens is 2. The Labute approximate surface area is 232 Å². The highest BCUT2D eigenvalue weighted by atomic mass is 32.2. The highest BCUT2D eigenvalue weighted by Crippen LogP contribution is 2.38. The van der Waals surface area contributed by atoms with Gasteiger partial charge in [-0.25, -0.2) is 13.4 Å². The van der Waals surface area contributed by atoms with Crippen LogP contribution in [-0.4, -0.2) is 55.9 Å². The van der Waals surface area contributed by atoms with Crippen molar-refractivity contribution in [2.24, 2.45) is 5.92 Å². The van der Waals surface area contributed by atoms with Gasteiger partial charge in [0.1, 0.15) is 17.0 Å². The lowest BCUT2D eigenvalue weighted by Crippen LogP contribution is -2.44. The molecule has 9 nitrogen and oxygen atoms in total. The molecule has 1 amide bonds. The molecule has 39 heavy (non-hydrogen) atoms. The minimum Gasteiger partial charge on any atom is -0.497 e. The first kappa shape index (κ1) is 27.0. The summed E-state index contributed by atoms with van der Waals surface area (Å²) in [4.78, 5) is 25.1. The van der Waals surface area contributed by atoms with Crippen molar-refractivity contribution in [3.05, 3.63) is 72.1 Å². The van der Waals surface area contributed by atoms with E-state index < -0.39 is 10.0 Å². The number of carbonyl (C=O) groups is 1. The number of pyridine rings is 1. The Morgan fingerprint density at radius 3 is 2.44 bits per heavy atom. The first-order chi connectivity index (χ1) is 18.8. The van der Waals surface area contributed by atoms with Crippen molar-refractivity contribution in [1.82, 2.24) is 14.3 Å². The largest absolute Gasteiger partial charge is 0.497 e. The normalized spacial score (nSPS) is 14.8. The van der Waals surface area contributed by atoms with Crippen LogP contribution < -0.4 is 14.4 Å². The summed E-state index contributed by atoms with van der Waals surface area (Å²) in [7, 11) is -0.527. The van der Waals surface area contributed by atoms with Gasteiger partial charge in [0.15, 0.2) is 5.13 Å². The molecule has 4 aromatic rings. The third-order valence-corrected chi connectivity index (χ3v) is 10.1. The molecule has 0 aliphatic carbocycles. The van der Waals surface area contributed by atoms with E-state index in [-0.39, 0.29) is 36.4 Å². The van der Waals surface area contributed by atoms with Crippen LogP contribution in [0.2, 0.25) is 0 Å². The van der Waals surface area contributed by atoms with E-state index in [1.54, 1.807) is 42.5 Å². The summed E-state index contributed by atoms with van der Waals surface area (Å²) in [6.45, 7) is 2.79. The van der Waals surface area contributed by atoms with Gasteiger partial charge >= 0.3 is 0 Å². The van der Waals surface area contributed by atoms with Gasteiger partial charge < -0.3 is 9.47 Å². The van der Waals surface area contributed by atoms with Crippen molar-refractivity contribution in [1.29, 1.82) is 0 Å². The maximum Gasteiger partial charge on any atom is 0.243 e. The average molecular weight is 567 g/mol. The molecule has 1 aliphatic heterocycles. The van der Waals surface area contributed by atoms with Crippen molar-refractivity contribution in [3.8, 4) is 11.5 Å². The number of hydrogen-bond donors (Lipinski definition) is 0. The van der Waals surface area contributed by atoms with E-state index in [1.165, 1.54) is 22.8 Å². The minimum absolute atomic E-state index is 0.0853. The zero-order valence-electron chi connectivity index (χ0n) is 22.0. The maximum absolute atomic E-state index is 14.0. The Bertz CT molecular complexity index is 1570. The lowest BCUT2D eigenvalue weighted by molar-refractivity contribution is -0.123. The molecule has 204 valence electrons. The lowest BCUT2D eigenvalue weighted by atomic mass is 9.96. The van der Waals surface area contributed by atoms with Gasteiger partial charge in [-0.15, -0.1) is 0 Å². The monoisotopic (exact) mass is 566 g/mol. The van der Waals surface area contributed by atoms with Gasteiger partial charge in [-0.3, -0.25) is 14.7 Å². The number of sulfonamides is 1. The van der Waals surface area contributed by atoms with Gasteiger partial charge in [-0.2, -0.15) is 4.31 Å². The van der Waals surface area contributed by atoms with Crippen LogP contribution in [0, 0.1) is 12.8 Å². The van der Waals surface area contributed by atoms with Gasteiger partial charge in [0.25, 0.3) is 0 Å². The van der Waals surface area contributed by atoms with E-state index in [0.717, 1.165) is 21.5 Å². The number of aryl methyl sites for hydroxylation is 1. The Morgan fingerprint density at radius 1 is 1.05 bits per heavy atom. The van der Waals surface area contributed by atoms with E-state index in [4.69, 9.17) is 14.5 Å². The molecule has 5 rings (SSSR count). The predicted octanol–water partition coefficient (Wildman–Crippen LogP) is 4.65. The molecule has 1 aliphatic rings. The smallest absolute Gasteiger partial charge is 0.243 e. The standard InChI is InChI=1S/C28H30N4O5S2/c1-19-7-12-24(37-3)25-26(19)38-28(30-25)32(18-21-6-4-5-15-29-21)27(33)20-13-16-31(17-14-20)39(34,35)23-10-8-22(36-2)9-11-23/h4-12,15,20H,13-14,16-18H2,1-3H3. The summed E-state index contributed by atoms with van der Waals surface area (Å²) in [6, 6.07) is 15.8. The number of rotatable bonds is 8. The summed E-state index contributed by atoms with van der Waals surface area (Å²) < 4.78 is 39.5. The Kier molecular flexibility index (Phi) is 7.83. The fraction of sp³-hybridized carbons (Fsp3) is 0.321. The first-order valence-corrected chi connectivity index (χ1v) is 14.9. The van der Waals surface area contributed by atoms with Crippen molar-refractivity contribution in [3.63, 3.8) is 0 Å². The van der Waals surface area contributed by atoms with Crippen molar-refractivity contribution < 1.29 is 22.7 Å². The predicted molar refractivity (Wildman–Crippen MR) is 151 cm³/mol. The average Bonchev–Trinajstić information content (AvgIpc) is 3.43. The summed E-state index contributed by atoms with van der Waals surface area (Å²) in [5.41, 5.74) is 2.52. The lowest BCUT2D eigenvalue weighted by Gasteiger charge is -2.33. The second-order valence-electron chi connectivity index (χ2n) is 9.36. The molecule has 3 heterocycles. The number of methoxy groups -OCH3 is 2. The number of benzene rings is 2. The summed E-state index contributed by atoms with van der Waals surface area (Å²) in [5.74, 6) is 0.818. The molecule has 0 saturated carbocycles. The Balaban J connectivity index is 1.39. The third-order valence-electron chi connectivity index (χ3n) is 6.96.